The Labute approximate surface area is 75.4 Å². The number of hydrogen-bond acceptors (Lipinski definition) is 4. The van der Waals surface area contributed by atoms with Crippen LogP contribution < -0.4 is 16.2 Å². The van der Waals surface area contributed by atoms with Crippen molar-refractivity contribution in [1.82, 2.24) is 0 Å². The third kappa shape index (κ3) is 1.11. The van der Waals surface area contributed by atoms with Gasteiger partial charge >= 0.3 is 0 Å². The number of benzene rings is 1. The second kappa shape index (κ2) is 2.67. The van der Waals surface area contributed by atoms with E-state index < -0.39 is 6.29 Å². The van der Waals surface area contributed by atoms with Crippen LogP contribution in [0.25, 0.3) is 5.70 Å². The summed E-state index contributed by atoms with van der Waals surface area (Å²) in [6, 6.07) is 7.17. The number of aliphatic hydroxyl groups excluding tert-OH is 1. The zero-order valence-electron chi connectivity index (χ0n) is 6.90. The average molecular weight is 178 g/mol. The normalized spacial score (nSPS) is 20.8. The molecule has 1 aromatic rings. The fourth-order valence-corrected chi connectivity index (χ4v) is 1.26. The molecule has 1 atom stereocenters. The van der Waals surface area contributed by atoms with E-state index in [1.54, 1.807) is 18.2 Å². The molecule has 0 fully saturated rings. The predicted molar refractivity (Wildman–Crippen MR) is 48.4 cm³/mol. The molecule has 13 heavy (non-hydrogen) atoms. The molecular weight excluding hydrogens is 168 g/mol. The number of hydrogen-bond donors (Lipinski definition) is 3. The Morgan fingerprint density at radius 3 is 2.69 bits per heavy atom. The molecule has 0 bridgehead atoms. The minimum absolute atomic E-state index is 0.165. The first-order valence-electron chi connectivity index (χ1n) is 3.89. The molecule has 5 N–H and O–H groups in total. The lowest BCUT2D eigenvalue weighted by Gasteiger charge is -2.23. The topological polar surface area (TPSA) is 81.5 Å². The molecule has 0 amide bonds. The smallest absolute Gasteiger partial charge is 0.240 e. The highest BCUT2D eigenvalue weighted by atomic mass is 16.6. The number of para-hydroxylation sites is 1. The Hall–Kier alpha value is -1.68. The van der Waals surface area contributed by atoms with Crippen LogP contribution in [0.5, 0.6) is 5.75 Å². The minimum Gasteiger partial charge on any atom is -0.458 e. The molecule has 1 aromatic carbocycles. The predicted octanol–water partition coefficient (Wildman–Crippen LogP) is -0.0166. The fourth-order valence-electron chi connectivity index (χ4n) is 1.26. The van der Waals surface area contributed by atoms with E-state index in [2.05, 4.69) is 0 Å². The van der Waals surface area contributed by atoms with Crippen LogP contribution in [0.15, 0.2) is 30.0 Å². The van der Waals surface area contributed by atoms with Gasteiger partial charge in [0.05, 0.1) is 5.70 Å². The molecule has 0 spiro atoms. The summed E-state index contributed by atoms with van der Waals surface area (Å²) in [4.78, 5) is 0. The van der Waals surface area contributed by atoms with E-state index in [1.807, 2.05) is 6.07 Å². The van der Waals surface area contributed by atoms with E-state index in [0.29, 0.717) is 11.4 Å². The summed E-state index contributed by atoms with van der Waals surface area (Å²) >= 11 is 0. The third-order valence-electron chi connectivity index (χ3n) is 1.99. The molecule has 0 radical (unpaired) electrons. The van der Waals surface area contributed by atoms with E-state index >= 15 is 0 Å². The number of ether oxygens (including phenoxy) is 1. The summed E-state index contributed by atoms with van der Waals surface area (Å²) < 4.78 is 5.11. The monoisotopic (exact) mass is 178 g/mol. The second-order valence-corrected chi connectivity index (χ2v) is 2.84. The number of aliphatic hydroxyl groups is 1. The highest BCUT2D eigenvalue weighted by Crippen LogP contribution is 2.29. The molecule has 1 aliphatic heterocycles. The highest BCUT2D eigenvalue weighted by Gasteiger charge is 2.22. The summed E-state index contributed by atoms with van der Waals surface area (Å²) in [6.45, 7) is 0. The Kier molecular flexibility index (Phi) is 1.63. The summed E-state index contributed by atoms with van der Waals surface area (Å²) in [6.07, 6.45) is -1.13. The second-order valence-electron chi connectivity index (χ2n) is 2.84. The maximum atomic E-state index is 9.31. The molecular formula is C9H10N2O2. The number of rotatable bonds is 0. The van der Waals surface area contributed by atoms with Crippen LogP contribution in [-0.2, 0) is 0 Å². The Balaban J connectivity index is 2.59. The first-order valence-corrected chi connectivity index (χ1v) is 3.89. The molecule has 0 saturated heterocycles. The van der Waals surface area contributed by atoms with Gasteiger partial charge in [-0.25, -0.2) is 0 Å². The van der Waals surface area contributed by atoms with Crippen molar-refractivity contribution < 1.29 is 9.84 Å². The lowest BCUT2D eigenvalue weighted by molar-refractivity contribution is 0.0109. The van der Waals surface area contributed by atoms with Crippen LogP contribution in [0.2, 0.25) is 0 Å². The molecule has 1 unspecified atom stereocenters. The lowest BCUT2D eigenvalue weighted by atomic mass is 10.1. The van der Waals surface area contributed by atoms with Crippen molar-refractivity contribution in [1.29, 1.82) is 0 Å². The largest absolute Gasteiger partial charge is 0.458 e. The van der Waals surface area contributed by atoms with E-state index in [0.717, 1.165) is 5.56 Å². The summed E-state index contributed by atoms with van der Waals surface area (Å²) in [5.41, 5.74) is 12.5. The van der Waals surface area contributed by atoms with Gasteiger partial charge in [0.1, 0.15) is 11.4 Å². The number of nitrogens with two attached hydrogens (primary N) is 2. The van der Waals surface area contributed by atoms with Crippen molar-refractivity contribution in [3.05, 3.63) is 35.5 Å². The van der Waals surface area contributed by atoms with Crippen molar-refractivity contribution in [3.63, 3.8) is 0 Å². The van der Waals surface area contributed by atoms with Crippen LogP contribution in [0.1, 0.15) is 5.56 Å². The van der Waals surface area contributed by atoms with Crippen LogP contribution in [-0.4, -0.2) is 11.4 Å². The molecule has 0 aromatic heterocycles. The van der Waals surface area contributed by atoms with Crippen molar-refractivity contribution in [2.45, 2.75) is 6.29 Å². The van der Waals surface area contributed by atoms with E-state index in [-0.39, 0.29) is 5.70 Å². The van der Waals surface area contributed by atoms with Crippen LogP contribution in [0.4, 0.5) is 0 Å². The quantitative estimate of drug-likeness (QED) is 0.521. The Bertz CT molecular complexity index is 374. The van der Waals surface area contributed by atoms with Crippen LogP contribution >= 0.6 is 0 Å². The van der Waals surface area contributed by atoms with Crippen LogP contribution in [0.3, 0.4) is 0 Å². The Morgan fingerprint density at radius 1 is 1.23 bits per heavy atom. The fraction of sp³-hybridized carbons (Fsp3) is 0.111. The van der Waals surface area contributed by atoms with Crippen LogP contribution in [0, 0.1) is 0 Å². The zero-order chi connectivity index (χ0) is 9.42. The average Bonchev–Trinajstić information content (AvgIpc) is 2.15. The summed E-state index contributed by atoms with van der Waals surface area (Å²) in [7, 11) is 0. The van der Waals surface area contributed by atoms with E-state index in [4.69, 9.17) is 16.2 Å². The van der Waals surface area contributed by atoms with Gasteiger partial charge in [0.15, 0.2) is 0 Å². The van der Waals surface area contributed by atoms with Gasteiger partial charge in [-0.05, 0) is 12.1 Å². The third-order valence-corrected chi connectivity index (χ3v) is 1.99. The SMILES string of the molecule is NC1=C(N)C(O)Oc2ccccc21. The van der Waals surface area contributed by atoms with Gasteiger partial charge in [0.2, 0.25) is 6.29 Å². The van der Waals surface area contributed by atoms with Gasteiger partial charge in [0.25, 0.3) is 0 Å². The van der Waals surface area contributed by atoms with Gasteiger partial charge < -0.3 is 21.3 Å². The van der Waals surface area contributed by atoms with Gasteiger partial charge in [0, 0.05) is 5.56 Å². The highest BCUT2D eigenvalue weighted by molar-refractivity contribution is 5.72. The first kappa shape index (κ1) is 7.94. The first-order chi connectivity index (χ1) is 6.20. The van der Waals surface area contributed by atoms with Crippen molar-refractivity contribution in [2.24, 2.45) is 11.5 Å². The standard InChI is InChI=1S/C9H10N2O2/c10-7-5-3-1-2-4-6(5)13-9(12)8(7)11/h1-4,9,12H,10-11H2. The minimum atomic E-state index is -1.13. The lowest BCUT2D eigenvalue weighted by Crippen LogP contribution is -2.30. The molecule has 68 valence electrons. The van der Waals surface area contributed by atoms with Gasteiger partial charge in [-0.3, -0.25) is 0 Å². The molecule has 2 rings (SSSR count). The molecule has 4 nitrogen and oxygen atoms in total. The van der Waals surface area contributed by atoms with Gasteiger partial charge in [-0.2, -0.15) is 0 Å². The Morgan fingerprint density at radius 2 is 1.92 bits per heavy atom. The maximum absolute atomic E-state index is 9.31. The molecule has 0 saturated carbocycles. The van der Waals surface area contributed by atoms with Crippen molar-refractivity contribution in [3.8, 4) is 5.75 Å². The van der Waals surface area contributed by atoms with Gasteiger partial charge in [-0.1, -0.05) is 12.1 Å². The number of fused-ring (bicyclic) bond motifs is 1. The molecule has 0 aliphatic carbocycles. The van der Waals surface area contributed by atoms with E-state index in [1.165, 1.54) is 0 Å². The van der Waals surface area contributed by atoms with Gasteiger partial charge in [-0.15, -0.1) is 0 Å². The van der Waals surface area contributed by atoms with Crippen molar-refractivity contribution >= 4 is 5.70 Å². The summed E-state index contributed by atoms with van der Waals surface area (Å²) in [5.74, 6) is 0.557. The zero-order valence-corrected chi connectivity index (χ0v) is 6.90. The maximum Gasteiger partial charge on any atom is 0.240 e. The summed E-state index contributed by atoms with van der Waals surface area (Å²) in [5, 5.41) is 9.31. The van der Waals surface area contributed by atoms with Crippen molar-refractivity contribution in [2.75, 3.05) is 0 Å². The molecule has 1 heterocycles. The molecule has 1 aliphatic rings. The molecule has 4 heteroatoms. The van der Waals surface area contributed by atoms with E-state index in [9.17, 15) is 5.11 Å².